The maximum atomic E-state index is 10.2. The van der Waals surface area contributed by atoms with E-state index in [0.29, 0.717) is 0 Å². The van der Waals surface area contributed by atoms with Crippen molar-refractivity contribution in [1.29, 1.82) is 0 Å². The third-order valence-corrected chi connectivity index (χ3v) is 0.904. The molecule has 60 valence electrons. The topological polar surface area (TPSA) is 89.1 Å². The molecule has 0 aliphatic carbocycles. The summed E-state index contributed by atoms with van der Waals surface area (Å²) < 4.78 is 0. The van der Waals surface area contributed by atoms with Gasteiger partial charge in [-0.1, -0.05) is 0 Å². The van der Waals surface area contributed by atoms with Crippen LogP contribution in [0.3, 0.4) is 0 Å². The van der Waals surface area contributed by atoms with Gasteiger partial charge in [0.15, 0.2) is 5.69 Å². The number of aromatic nitrogens is 2. The molecule has 5 nitrogen and oxygen atoms in total. The first-order valence-corrected chi connectivity index (χ1v) is 2.52. The van der Waals surface area contributed by atoms with Gasteiger partial charge in [-0.15, -0.1) is 22.6 Å². The van der Waals surface area contributed by atoms with Gasteiger partial charge in [0.05, 0.1) is 0 Å². The van der Waals surface area contributed by atoms with Gasteiger partial charge in [0, 0.05) is 0 Å². The second-order valence-corrected chi connectivity index (χ2v) is 1.65. The minimum atomic E-state index is -1.10. The molecule has 6 heteroatoms. The average Bonchev–Trinajstić information content (AvgIpc) is 1.88. The van der Waals surface area contributed by atoms with Gasteiger partial charge in [-0.05, 0) is 12.1 Å². The van der Waals surface area contributed by atoms with Gasteiger partial charge in [-0.25, -0.2) is 4.79 Å². The normalized spacial score (nSPS) is 8.36. The van der Waals surface area contributed by atoms with Crippen molar-refractivity contribution in [2.75, 3.05) is 5.73 Å². The summed E-state index contributed by atoms with van der Waals surface area (Å²) in [5.41, 5.74) is 5.06. The molecule has 0 aliphatic heterocycles. The van der Waals surface area contributed by atoms with Crippen molar-refractivity contribution >= 4 is 24.2 Å². The van der Waals surface area contributed by atoms with E-state index in [2.05, 4.69) is 10.2 Å². The minimum Gasteiger partial charge on any atom is -0.476 e. The molecule has 0 radical (unpaired) electrons. The highest BCUT2D eigenvalue weighted by molar-refractivity contribution is 5.85. The summed E-state index contributed by atoms with van der Waals surface area (Å²) in [7, 11) is 0. The fourth-order valence-corrected chi connectivity index (χ4v) is 0.457. The Balaban J connectivity index is 0.000001000. The minimum absolute atomic E-state index is 0. The number of hydrogen-bond donors (Lipinski definition) is 2. The fourth-order valence-electron chi connectivity index (χ4n) is 0.457. The maximum absolute atomic E-state index is 10.2. The largest absolute Gasteiger partial charge is 0.476 e. The van der Waals surface area contributed by atoms with Crippen LogP contribution in [-0.4, -0.2) is 21.3 Å². The fraction of sp³-hybridized carbons (Fsp3) is 0. The lowest BCUT2D eigenvalue weighted by Crippen LogP contribution is -2.02. The molecule has 0 saturated heterocycles. The predicted octanol–water partition coefficient (Wildman–Crippen LogP) is 0.179. The number of carbonyl (C=O) groups is 1. The zero-order valence-corrected chi connectivity index (χ0v) is 6.21. The maximum Gasteiger partial charge on any atom is 0.356 e. The first-order valence-electron chi connectivity index (χ1n) is 2.52. The number of halogens is 1. The lowest BCUT2D eigenvalue weighted by Gasteiger charge is -1.90. The van der Waals surface area contributed by atoms with Gasteiger partial charge >= 0.3 is 5.97 Å². The van der Waals surface area contributed by atoms with Crippen molar-refractivity contribution in [3.8, 4) is 0 Å². The van der Waals surface area contributed by atoms with Crippen LogP contribution in [-0.2, 0) is 0 Å². The third kappa shape index (κ3) is 2.38. The zero-order valence-electron chi connectivity index (χ0n) is 5.39. The molecule has 0 saturated carbocycles. The highest BCUT2D eigenvalue weighted by Crippen LogP contribution is 1.95. The number of carboxylic acids is 1. The van der Waals surface area contributed by atoms with Crippen LogP contribution in [0.1, 0.15) is 10.5 Å². The van der Waals surface area contributed by atoms with Crippen molar-refractivity contribution in [1.82, 2.24) is 10.2 Å². The number of nitrogens with zero attached hydrogens (tertiary/aromatic N) is 2. The third-order valence-electron chi connectivity index (χ3n) is 0.904. The van der Waals surface area contributed by atoms with E-state index in [1.54, 1.807) is 0 Å². The summed E-state index contributed by atoms with van der Waals surface area (Å²) in [6.45, 7) is 0. The Bertz CT molecular complexity index is 248. The van der Waals surface area contributed by atoms with Crippen LogP contribution >= 0.6 is 12.4 Å². The van der Waals surface area contributed by atoms with Crippen LogP contribution in [0.25, 0.3) is 0 Å². The first kappa shape index (κ1) is 9.64. The molecule has 0 bridgehead atoms. The van der Waals surface area contributed by atoms with Crippen LogP contribution in [0.5, 0.6) is 0 Å². The van der Waals surface area contributed by atoms with Crippen LogP contribution in [0.2, 0.25) is 0 Å². The van der Waals surface area contributed by atoms with E-state index in [9.17, 15) is 4.79 Å². The zero-order chi connectivity index (χ0) is 7.56. The van der Waals surface area contributed by atoms with Crippen molar-refractivity contribution < 1.29 is 9.90 Å². The summed E-state index contributed by atoms with van der Waals surface area (Å²) in [5, 5.41) is 15.0. The summed E-state index contributed by atoms with van der Waals surface area (Å²) in [4.78, 5) is 10.2. The standard InChI is InChI=1S/C5H5N3O2.ClH/c6-4-2-1-3(5(9)10)7-8-4;/h1-2H,(H2,6,8)(H,9,10);1H. The second-order valence-electron chi connectivity index (χ2n) is 1.65. The highest BCUT2D eigenvalue weighted by Gasteiger charge is 2.02. The van der Waals surface area contributed by atoms with Gasteiger partial charge in [-0.3, -0.25) is 0 Å². The van der Waals surface area contributed by atoms with Gasteiger partial charge in [0.2, 0.25) is 0 Å². The van der Waals surface area contributed by atoms with Crippen molar-refractivity contribution in [3.05, 3.63) is 17.8 Å². The van der Waals surface area contributed by atoms with E-state index in [0.717, 1.165) is 0 Å². The van der Waals surface area contributed by atoms with E-state index in [-0.39, 0.29) is 23.9 Å². The predicted molar refractivity (Wildman–Crippen MR) is 40.7 cm³/mol. The molecule has 0 spiro atoms. The van der Waals surface area contributed by atoms with Crippen molar-refractivity contribution in [3.63, 3.8) is 0 Å². The van der Waals surface area contributed by atoms with Crippen LogP contribution in [0, 0.1) is 0 Å². The summed E-state index contributed by atoms with van der Waals surface area (Å²) >= 11 is 0. The Labute approximate surface area is 68.7 Å². The number of nitrogens with two attached hydrogens (primary N) is 1. The van der Waals surface area contributed by atoms with Gasteiger partial charge in [-0.2, -0.15) is 0 Å². The smallest absolute Gasteiger partial charge is 0.356 e. The van der Waals surface area contributed by atoms with Crippen LogP contribution < -0.4 is 5.73 Å². The Kier molecular flexibility index (Phi) is 3.26. The van der Waals surface area contributed by atoms with Crippen LogP contribution in [0.15, 0.2) is 12.1 Å². The monoisotopic (exact) mass is 175 g/mol. The summed E-state index contributed by atoms with van der Waals surface area (Å²) in [6, 6.07) is 2.68. The Morgan fingerprint density at radius 2 is 2.09 bits per heavy atom. The second kappa shape index (κ2) is 3.72. The van der Waals surface area contributed by atoms with Gasteiger partial charge < -0.3 is 10.8 Å². The van der Waals surface area contributed by atoms with Gasteiger partial charge in [0.1, 0.15) is 5.82 Å². The number of nitrogen functional groups attached to an aromatic ring is 1. The molecular formula is C5H6ClN3O2. The quantitative estimate of drug-likeness (QED) is 0.636. The van der Waals surface area contributed by atoms with E-state index < -0.39 is 5.97 Å². The Morgan fingerprint density at radius 3 is 2.45 bits per heavy atom. The molecule has 1 aromatic heterocycles. The van der Waals surface area contributed by atoms with E-state index >= 15 is 0 Å². The highest BCUT2D eigenvalue weighted by atomic mass is 35.5. The molecule has 0 fully saturated rings. The number of carboxylic acid groups (broad SMARTS) is 1. The number of hydrogen-bond acceptors (Lipinski definition) is 4. The summed E-state index contributed by atoms with van der Waals surface area (Å²) in [6.07, 6.45) is 0. The lowest BCUT2D eigenvalue weighted by molar-refractivity contribution is 0.0689. The molecule has 1 aromatic rings. The number of aromatic carboxylic acids is 1. The molecule has 1 heterocycles. The molecule has 0 atom stereocenters. The Morgan fingerprint density at radius 1 is 1.45 bits per heavy atom. The number of anilines is 1. The molecular weight excluding hydrogens is 170 g/mol. The van der Waals surface area contributed by atoms with Gasteiger partial charge in [0.25, 0.3) is 0 Å². The molecule has 0 unspecified atom stereocenters. The van der Waals surface area contributed by atoms with E-state index in [1.165, 1.54) is 12.1 Å². The lowest BCUT2D eigenvalue weighted by atomic mass is 10.4. The molecule has 0 amide bonds. The van der Waals surface area contributed by atoms with Crippen molar-refractivity contribution in [2.45, 2.75) is 0 Å². The molecule has 3 N–H and O–H groups in total. The Hall–Kier alpha value is -1.36. The average molecular weight is 176 g/mol. The molecule has 1 rings (SSSR count). The molecule has 0 aliphatic rings. The molecule has 11 heavy (non-hydrogen) atoms. The number of rotatable bonds is 1. The van der Waals surface area contributed by atoms with Crippen LogP contribution in [0.4, 0.5) is 5.82 Å². The van der Waals surface area contributed by atoms with E-state index in [1.807, 2.05) is 0 Å². The molecule has 0 aromatic carbocycles. The van der Waals surface area contributed by atoms with Crippen molar-refractivity contribution in [2.24, 2.45) is 0 Å². The first-order chi connectivity index (χ1) is 4.70. The van der Waals surface area contributed by atoms with E-state index in [4.69, 9.17) is 10.8 Å². The summed E-state index contributed by atoms with van der Waals surface area (Å²) in [5.74, 6) is -0.891. The SMILES string of the molecule is Cl.Nc1ccc(C(=O)O)nn1.